The lowest BCUT2D eigenvalue weighted by atomic mass is 10.0. The number of benzene rings is 1. The van der Waals surface area contributed by atoms with Gasteiger partial charge in [0.05, 0.1) is 15.7 Å². The van der Waals surface area contributed by atoms with Gasteiger partial charge in [0, 0.05) is 28.8 Å². The Balaban J connectivity index is 1.97. The first kappa shape index (κ1) is 14.1. The van der Waals surface area contributed by atoms with Gasteiger partial charge in [-0.15, -0.1) is 0 Å². The van der Waals surface area contributed by atoms with Crippen LogP contribution in [-0.4, -0.2) is 20.9 Å². The minimum Gasteiger partial charge on any atom is -0.327 e. The zero-order valence-electron chi connectivity index (χ0n) is 10.7. The molecule has 1 aliphatic carbocycles. The summed E-state index contributed by atoms with van der Waals surface area (Å²) in [5.74, 6) is 0.907. The molecule has 2 unspecified atom stereocenters. The topological polar surface area (TPSA) is 86.2 Å². The fourth-order valence-electron chi connectivity index (χ4n) is 2.51. The van der Waals surface area contributed by atoms with Crippen LogP contribution in [0.1, 0.15) is 25.7 Å². The van der Waals surface area contributed by atoms with Gasteiger partial charge in [-0.2, -0.15) is 0 Å². The molecule has 2 rings (SSSR count). The summed E-state index contributed by atoms with van der Waals surface area (Å²) in [5.41, 5.74) is 6.11. The van der Waals surface area contributed by atoms with Crippen molar-refractivity contribution in [3.05, 3.63) is 34.4 Å². The fraction of sp³-hybridized carbons (Fsp3) is 0.538. The van der Waals surface area contributed by atoms with Crippen LogP contribution in [0.3, 0.4) is 0 Å². The summed E-state index contributed by atoms with van der Waals surface area (Å²) in [5, 5.41) is 10.5. The highest BCUT2D eigenvalue weighted by atomic mass is 32.2. The highest BCUT2D eigenvalue weighted by Crippen LogP contribution is 2.27. The third-order valence-corrected chi connectivity index (χ3v) is 5.15. The van der Waals surface area contributed by atoms with Gasteiger partial charge in [-0.05, 0) is 30.9 Å². The van der Waals surface area contributed by atoms with E-state index in [4.69, 9.17) is 5.73 Å². The molecule has 5 nitrogen and oxygen atoms in total. The maximum Gasteiger partial charge on any atom is 0.269 e. The van der Waals surface area contributed by atoms with E-state index in [9.17, 15) is 14.3 Å². The van der Waals surface area contributed by atoms with Crippen molar-refractivity contribution in [2.45, 2.75) is 36.6 Å². The summed E-state index contributed by atoms with van der Waals surface area (Å²) in [4.78, 5) is 10.7. The van der Waals surface area contributed by atoms with Crippen molar-refractivity contribution in [3.63, 3.8) is 0 Å². The number of non-ortho nitro benzene ring substituents is 1. The standard InChI is InChI=1S/C13H18N2O3S/c14-13(10-3-1-2-4-10)9-19(18)12-7-5-11(6-8-12)15(16)17/h5-8,10,13H,1-4,9,14H2. The number of nitro benzene ring substituents is 1. The van der Waals surface area contributed by atoms with Crippen molar-refractivity contribution >= 4 is 16.5 Å². The van der Waals surface area contributed by atoms with Gasteiger partial charge in [0.25, 0.3) is 5.69 Å². The van der Waals surface area contributed by atoms with E-state index in [0.717, 1.165) is 12.8 Å². The molecule has 6 heteroatoms. The maximum absolute atomic E-state index is 12.2. The molecule has 0 amide bonds. The normalized spacial score (nSPS) is 19.2. The highest BCUT2D eigenvalue weighted by Gasteiger charge is 2.24. The summed E-state index contributed by atoms with van der Waals surface area (Å²) in [6.45, 7) is 0. The number of nitrogens with zero attached hydrogens (tertiary/aromatic N) is 1. The first-order valence-corrected chi connectivity index (χ1v) is 7.78. The van der Waals surface area contributed by atoms with E-state index in [1.165, 1.54) is 25.0 Å². The van der Waals surface area contributed by atoms with Crippen LogP contribution < -0.4 is 5.73 Å². The van der Waals surface area contributed by atoms with Crippen LogP contribution in [0, 0.1) is 16.0 Å². The van der Waals surface area contributed by atoms with Crippen LogP contribution in [0.5, 0.6) is 0 Å². The van der Waals surface area contributed by atoms with Gasteiger partial charge in [0.1, 0.15) is 0 Å². The molecule has 0 heterocycles. The Kier molecular flexibility index (Phi) is 4.66. The average molecular weight is 282 g/mol. The number of hydrogen-bond acceptors (Lipinski definition) is 4. The monoisotopic (exact) mass is 282 g/mol. The molecule has 104 valence electrons. The SMILES string of the molecule is NC(CS(=O)c1ccc([N+](=O)[O-])cc1)C1CCCC1. The lowest BCUT2D eigenvalue weighted by molar-refractivity contribution is -0.384. The highest BCUT2D eigenvalue weighted by molar-refractivity contribution is 7.85. The smallest absolute Gasteiger partial charge is 0.269 e. The van der Waals surface area contributed by atoms with Crippen LogP contribution in [0.15, 0.2) is 29.2 Å². The second-order valence-corrected chi connectivity index (χ2v) is 6.47. The molecule has 1 fully saturated rings. The van der Waals surface area contributed by atoms with E-state index in [-0.39, 0.29) is 11.7 Å². The summed E-state index contributed by atoms with van der Waals surface area (Å²) >= 11 is 0. The number of hydrogen-bond donors (Lipinski definition) is 1. The second kappa shape index (κ2) is 6.25. The molecule has 0 spiro atoms. The number of nitro groups is 1. The Labute approximate surface area is 114 Å². The van der Waals surface area contributed by atoms with Gasteiger partial charge in [-0.25, -0.2) is 0 Å². The van der Waals surface area contributed by atoms with E-state index < -0.39 is 15.7 Å². The van der Waals surface area contributed by atoms with Crippen molar-refractivity contribution in [3.8, 4) is 0 Å². The fourth-order valence-corrected chi connectivity index (χ4v) is 3.77. The Hall–Kier alpha value is -1.27. The molecule has 1 aromatic carbocycles. The van der Waals surface area contributed by atoms with E-state index in [0.29, 0.717) is 16.6 Å². The minimum absolute atomic E-state index is 0.0147. The average Bonchev–Trinajstić information content (AvgIpc) is 2.92. The molecule has 0 bridgehead atoms. The molecular formula is C13H18N2O3S. The predicted octanol–water partition coefficient (Wildman–Crippen LogP) is 2.22. The van der Waals surface area contributed by atoms with Crippen molar-refractivity contribution in [2.24, 2.45) is 11.7 Å². The molecule has 0 aliphatic heterocycles. The van der Waals surface area contributed by atoms with E-state index in [1.807, 2.05) is 0 Å². The molecule has 1 aliphatic rings. The van der Waals surface area contributed by atoms with Crippen LogP contribution in [0.2, 0.25) is 0 Å². The summed E-state index contributed by atoms with van der Waals surface area (Å²) in [7, 11) is -1.18. The van der Waals surface area contributed by atoms with Crippen LogP contribution >= 0.6 is 0 Å². The third-order valence-electron chi connectivity index (χ3n) is 3.66. The maximum atomic E-state index is 12.2. The van der Waals surface area contributed by atoms with Gasteiger partial charge in [-0.3, -0.25) is 14.3 Å². The first-order valence-electron chi connectivity index (χ1n) is 6.46. The molecule has 0 aromatic heterocycles. The predicted molar refractivity (Wildman–Crippen MR) is 74.3 cm³/mol. The molecule has 1 aromatic rings. The van der Waals surface area contributed by atoms with Gasteiger partial charge in [-0.1, -0.05) is 12.8 Å². The summed E-state index contributed by atoms with van der Waals surface area (Å²) in [6, 6.07) is 5.83. The molecule has 1 saturated carbocycles. The Morgan fingerprint density at radius 2 is 1.89 bits per heavy atom. The first-order chi connectivity index (χ1) is 9.08. The largest absolute Gasteiger partial charge is 0.327 e. The zero-order valence-corrected chi connectivity index (χ0v) is 11.5. The van der Waals surface area contributed by atoms with Crippen LogP contribution in [0.25, 0.3) is 0 Å². The number of nitrogens with two attached hydrogens (primary N) is 1. The third kappa shape index (κ3) is 3.61. The van der Waals surface area contributed by atoms with E-state index in [2.05, 4.69) is 0 Å². The zero-order chi connectivity index (χ0) is 13.8. The van der Waals surface area contributed by atoms with Gasteiger partial charge >= 0.3 is 0 Å². The van der Waals surface area contributed by atoms with Gasteiger partial charge in [0.2, 0.25) is 0 Å². The van der Waals surface area contributed by atoms with E-state index in [1.54, 1.807) is 12.1 Å². The molecule has 19 heavy (non-hydrogen) atoms. The van der Waals surface area contributed by atoms with Gasteiger partial charge < -0.3 is 5.73 Å². The second-order valence-electron chi connectivity index (χ2n) is 4.97. The summed E-state index contributed by atoms with van der Waals surface area (Å²) in [6.07, 6.45) is 4.67. The van der Waals surface area contributed by atoms with Crippen LogP contribution in [-0.2, 0) is 10.8 Å². The minimum atomic E-state index is -1.18. The van der Waals surface area contributed by atoms with Crippen molar-refractivity contribution < 1.29 is 9.13 Å². The molecule has 0 saturated heterocycles. The molecule has 0 radical (unpaired) electrons. The number of rotatable bonds is 5. The molecule has 2 N–H and O–H groups in total. The van der Waals surface area contributed by atoms with Crippen LogP contribution in [0.4, 0.5) is 5.69 Å². The lowest BCUT2D eigenvalue weighted by Crippen LogP contribution is -2.34. The van der Waals surface area contributed by atoms with Crippen molar-refractivity contribution in [1.82, 2.24) is 0 Å². The quantitative estimate of drug-likeness (QED) is 0.662. The van der Waals surface area contributed by atoms with Gasteiger partial charge in [0.15, 0.2) is 0 Å². The van der Waals surface area contributed by atoms with E-state index >= 15 is 0 Å². The Bertz CT molecular complexity index is 469. The van der Waals surface area contributed by atoms with Crippen molar-refractivity contribution in [1.29, 1.82) is 0 Å². The lowest BCUT2D eigenvalue weighted by Gasteiger charge is -2.18. The van der Waals surface area contributed by atoms with Crippen molar-refractivity contribution in [2.75, 3.05) is 5.75 Å². The molecular weight excluding hydrogens is 264 g/mol. The summed E-state index contributed by atoms with van der Waals surface area (Å²) < 4.78 is 12.2. The molecule has 2 atom stereocenters. The Morgan fingerprint density at radius 3 is 2.42 bits per heavy atom. The Morgan fingerprint density at radius 1 is 1.32 bits per heavy atom.